The van der Waals surface area contributed by atoms with Gasteiger partial charge in [-0.3, -0.25) is 4.99 Å². The summed E-state index contributed by atoms with van der Waals surface area (Å²) in [6.07, 6.45) is 0. The van der Waals surface area contributed by atoms with E-state index in [1.165, 1.54) is 0 Å². The molecule has 0 atom stereocenters. The maximum absolute atomic E-state index is 5.76. The van der Waals surface area contributed by atoms with E-state index in [1.54, 1.807) is 0 Å². The summed E-state index contributed by atoms with van der Waals surface area (Å²) in [7, 11) is 0. The molecule has 0 saturated carbocycles. The normalized spacial score (nSPS) is 13.3. The van der Waals surface area contributed by atoms with Gasteiger partial charge in [0.25, 0.3) is 0 Å². The summed E-state index contributed by atoms with van der Waals surface area (Å²) in [5.74, 6) is 2.48. The number of aliphatic imine (C=N–C) groups is 1. The van der Waals surface area contributed by atoms with Crippen molar-refractivity contribution in [1.29, 1.82) is 0 Å². The van der Waals surface area contributed by atoms with Gasteiger partial charge >= 0.3 is 0 Å². The Morgan fingerprint density at radius 2 is 1.53 bits per heavy atom. The van der Waals surface area contributed by atoms with Crippen LogP contribution in [0.15, 0.2) is 4.99 Å². The van der Waals surface area contributed by atoms with Gasteiger partial charge < -0.3 is 11.1 Å². The number of hydrogen-bond acceptors (Lipinski definition) is 1. The van der Waals surface area contributed by atoms with Gasteiger partial charge in [0.2, 0.25) is 0 Å². The van der Waals surface area contributed by atoms with Crippen molar-refractivity contribution in [3.05, 3.63) is 0 Å². The van der Waals surface area contributed by atoms with E-state index >= 15 is 0 Å². The van der Waals surface area contributed by atoms with E-state index < -0.39 is 0 Å². The van der Waals surface area contributed by atoms with Gasteiger partial charge in [-0.1, -0.05) is 27.7 Å². The van der Waals surface area contributed by atoms with Gasteiger partial charge in [0, 0.05) is 12.6 Å². The van der Waals surface area contributed by atoms with Crippen LogP contribution in [0, 0.1) is 17.8 Å². The molecule has 0 saturated heterocycles. The quantitative estimate of drug-likeness (QED) is 0.543. The molecule has 0 heterocycles. The fourth-order valence-corrected chi connectivity index (χ4v) is 1.74. The zero-order chi connectivity index (χ0) is 12.0. The molecular formula is C12H27N3. The molecule has 0 spiro atoms. The third-order valence-electron chi connectivity index (χ3n) is 2.62. The van der Waals surface area contributed by atoms with Crippen molar-refractivity contribution >= 4 is 5.96 Å². The van der Waals surface area contributed by atoms with E-state index in [9.17, 15) is 0 Å². The lowest BCUT2D eigenvalue weighted by Gasteiger charge is -2.23. The second-order valence-corrected chi connectivity index (χ2v) is 5.18. The van der Waals surface area contributed by atoms with Crippen LogP contribution >= 0.6 is 0 Å². The fraction of sp³-hybridized carbons (Fsp3) is 0.917. The molecule has 0 bridgehead atoms. The van der Waals surface area contributed by atoms with Crippen molar-refractivity contribution < 1.29 is 0 Å². The van der Waals surface area contributed by atoms with Crippen LogP contribution in [0.5, 0.6) is 0 Å². The molecule has 0 aliphatic heterocycles. The Morgan fingerprint density at radius 1 is 1.07 bits per heavy atom. The molecule has 0 aromatic rings. The first-order chi connectivity index (χ1) is 6.84. The summed E-state index contributed by atoms with van der Waals surface area (Å²) in [5.41, 5.74) is 5.76. The minimum absolute atomic E-state index is 0.352. The average molecular weight is 213 g/mol. The summed E-state index contributed by atoms with van der Waals surface area (Å²) in [4.78, 5) is 4.39. The van der Waals surface area contributed by atoms with E-state index in [0.717, 1.165) is 6.54 Å². The van der Waals surface area contributed by atoms with E-state index in [-0.39, 0.29) is 0 Å². The fourth-order valence-electron chi connectivity index (χ4n) is 1.74. The van der Waals surface area contributed by atoms with Crippen LogP contribution in [0.4, 0.5) is 0 Å². The molecule has 3 nitrogen and oxygen atoms in total. The predicted octanol–water partition coefficient (Wildman–Crippen LogP) is 2.23. The molecule has 0 amide bonds. The van der Waals surface area contributed by atoms with Crippen molar-refractivity contribution in [2.24, 2.45) is 28.5 Å². The Labute approximate surface area is 94.5 Å². The van der Waals surface area contributed by atoms with Crippen LogP contribution in [0.3, 0.4) is 0 Å². The monoisotopic (exact) mass is 213 g/mol. The lowest BCUT2D eigenvalue weighted by Crippen LogP contribution is -2.37. The number of hydrogen-bond donors (Lipinski definition) is 2. The first kappa shape index (κ1) is 14.3. The highest BCUT2D eigenvalue weighted by Gasteiger charge is 2.16. The van der Waals surface area contributed by atoms with Crippen LogP contribution in [-0.2, 0) is 0 Å². The highest BCUT2D eigenvalue weighted by molar-refractivity contribution is 5.78. The van der Waals surface area contributed by atoms with Crippen LogP contribution < -0.4 is 11.1 Å². The van der Waals surface area contributed by atoms with Crippen LogP contribution in [-0.4, -0.2) is 18.5 Å². The highest BCUT2D eigenvalue weighted by Crippen LogP contribution is 2.20. The van der Waals surface area contributed by atoms with Gasteiger partial charge in [-0.2, -0.15) is 0 Å². The lowest BCUT2D eigenvalue weighted by molar-refractivity contribution is 0.297. The number of nitrogens with one attached hydrogen (secondary N) is 1. The Hall–Kier alpha value is -0.730. The third kappa shape index (κ3) is 6.37. The third-order valence-corrected chi connectivity index (χ3v) is 2.62. The van der Waals surface area contributed by atoms with Gasteiger partial charge in [-0.25, -0.2) is 0 Å². The lowest BCUT2D eigenvalue weighted by atomic mass is 9.86. The van der Waals surface area contributed by atoms with Gasteiger partial charge in [0.05, 0.1) is 0 Å². The SMILES string of the molecule is CC(C)NC(N)=NCC(C(C)C)C(C)C. The maximum atomic E-state index is 5.76. The minimum Gasteiger partial charge on any atom is -0.370 e. The van der Waals surface area contributed by atoms with Crippen molar-refractivity contribution in [1.82, 2.24) is 5.32 Å². The first-order valence-corrected chi connectivity index (χ1v) is 5.91. The molecule has 0 fully saturated rings. The van der Waals surface area contributed by atoms with Gasteiger partial charge in [-0.15, -0.1) is 0 Å². The molecule has 0 aliphatic rings. The Kier molecular flexibility index (Phi) is 6.37. The Morgan fingerprint density at radius 3 is 1.87 bits per heavy atom. The van der Waals surface area contributed by atoms with Gasteiger partial charge in [0.15, 0.2) is 5.96 Å². The number of rotatable bonds is 5. The van der Waals surface area contributed by atoms with E-state index in [1.807, 2.05) is 0 Å². The second kappa shape index (κ2) is 6.70. The summed E-state index contributed by atoms with van der Waals surface area (Å²) >= 11 is 0. The molecule has 0 rings (SSSR count). The first-order valence-electron chi connectivity index (χ1n) is 5.91. The summed E-state index contributed by atoms with van der Waals surface area (Å²) < 4.78 is 0. The summed E-state index contributed by atoms with van der Waals surface area (Å²) in [6.45, 7) is 13.9. The van der Waals surface area contributed by atoms with Crippen molar-refractivity contribution in [2.75, 3.05) is 6.54 Å². The van der Waals surface area contributed by atoms with Crippen LogP contribution in [0.1, 0.15) is 41.5 Å². The van der Waals surface area contributed by atoms with E-state index in [0.29, 0.717) is 29.8 Å². The van der Waals surface area contributed by atoms with Gasteiger partial charge in [-0.05, 0) is 31.6 Å². The molecular weight excluding hydrogens is 186 g/mol. The number of nitrogens with two attached hydrogens (primary N) is 1. The molecule has 0 aliphatic carbocycles. The molecule has 15 heavy (non-hydrogen) atoms. The molecule has 90 valence electrons. The smallest absolute Gasteiger partial charge is 0.188 e. The Balaban J connectivity index is 4.19. The van der Waals surface area contributed by atoms with Crippen molar-refractivity contribution in [2.45, 2.75) is 47.6 Å². The Bertz CT molecular complexity index is 187. The highest BCUT2D eigenvalue weighted by atomic mass is 15.1. The average Bonchev–Trinajstić information content (AvgIpc) is 2.00. The zero-order valence-electron chi connectivity index (χ0n) is 11.0. The molecule has 0 aromatic heterocycles. The van der Waals surface area contributed by atoms with E-state index in [4.69, 9.17) is 5.73 Å². The zero-order valence-corrected chi connectivity index (χ0v) is 11.0. The largest absolute Gasteiger partial charge is 0.370 e. The molecule has 0 unspecified atom stereocenters. The molecule has 3 N–H and O–H groups in total. The molecule has 0 radical (unpaired) electrons. The molecule has 3 heteroatoms. The topological polar surface area (TPSA) is 50.4 Å². The van der Waals surface area contributed by atoms with Gasteiger partial charge in [0.1, 0.15) is 0 Å². The summed E-state index contributed by atoms with van der Waals surface area (Å²) in [5, 5.41) is 3.10. The van der Waals surface area contributed by atoms with Crippen LogP contribution in [0.25, 0.3) is 0 Å². The second-order valence-electron chi connectivity index (χ2n) is 5.18. The van der Waals surface area contributed by atoms with Crippen molar-refractivity contribution in [3.8, 4) is 0 Å². The maximum Gasteiger partial charge on any atom is 0.188 e. The van der Waals surface area contributed by atoms with Crippen LogP contribution in [0.2, 0.25) is 0 Å². The predicted molar refractivity (Wildman–Crippen MR) is 67.9 cm³/mol. The minimum atomic E-state index is 0.352. The van der Waals surface area contributed by atoms with Crippen molar-refractivity contribution in [3.63, 3.8) is 0 Å². The van der Waals surface area contributed by atoms with E-state index in [2.05, 4.69) is 51.9 Å². The number of nitrogens with zero attached hydrogens (tertiary/aromatic N) is 1. The molecule has 0 aromatic carbocycles. The number of guanidine groups is 1. The summed E-state index contributed by atoms with van der Waals surface area (Å²) in [6, 6.07) is 0.352. The standard InChI is InChI=1S/C12H27N3/c1-8(2)11(9(3)4)7-14-12(13)15-10(5)6/h8-11H,7H2,1-6H3,(H3,13,14,15).